The fourth-order valence-corrected chi connectivity index (χ4v) is 4.59. The summed E-state index contributed by atoms with van der Waals surface area (Å²) in [6.45, 7) is 3.67. The molecule has 4 rings (SSSR count). The normalized spacial score (nSPS) is 11.0. The molecule has 0 aliphatic heterocycles. The summed E-state index contributed by atoms with van der Waals surface area (Å²) in [5.74, 6) is 0.959. The molecule has 0 spiro atoms. The Hall–Kier alpha value is -3.10. The molecular weight excluding hydrogens is 448 g/mol. The lowest BCUT2D eigenvalue weighted by molar-refractivity contribution is 0.0983. The average molecular weight is 471 g/mol. The maximum atomic E-state index is 13.7. The van der Waals surface area contributed by atoms with Crippen LogP contribution in [0.15, 0.2) is 55.1 Å². The number of halogens is 1. The zero-order valence-corrected chi connectivity index (χ0v) is 19.4. The summed E-state index contributed by atoms with van der Waals surface area (Å²) in [6.07, 6.45) is 6.12. The van der Waals surface area contributed by atoms with Crippen molar-refractivity contribution >= 4 is 44.2 Å². The highest BCUT2D eigenvalue weighted by Gasteiger charge is 2.25. The molecular formula is C23H23ClN4O3S. The number of rotatable bonds is 9. The van der Waals surface area contributed by atoms with Gasteiger partial charge in [0, 0.05) is 30.5 Å². The van der Waals surface area contributed by atoms with Crippen molar-refractivity contribution in [2.24, 2.45) is 0 Å². The number of fused-ring (bicyclic) bond motifs is 1. The van der Waals surface area contributed by atoms with Gasteiger partial charge in [0.25, 0.3) is 5.91 Å². The SMILES string of the molecule is CCOc1cccc2sc(N(CCCn3ccnc3)C(=O)c3cc(Cl)ccc3OC)nc12. The number of aromatic nitrogens is 3. The Morgan fingerprint density at radius 1 is 1.25 bits per heavy atom. The molecule has 32 heavy (non-hydrogen) atoms. The first-order valence-corrected chi connectivity index (χ1v) is 11.4. The number of anilines is 1. The highest BCUT2D eigenvalue weighted by molar-refractivity contribution is 7.22. The van der Waals surface area contributed by atoms with Gasteiger partial charge in [-0.3, -0.25) is 9.69 Å². The lowest BCUT2D eigenvalue weighted by Gasteiger charge is -2.21. The summed E-state index contributed by atoms with van der Waals surface area (Å²) in [4.78, 5) is 24.2. The van der Waals surface area contributed by atoms with E-state index in [0.717, 1.165) is 23.2 Å². The number of nitrogens with zero attached hydrogens (tertiary/aromatic N) is 4. The number of para-hydroxylation sites is 1. The summed E-state index contributed by atoms with van der Waals surface area (Å²) in [5.41, 5.74) is 1.15. The smallest absolute Gasteiger partial charge is 0.263 e. The molecule has 0 atom stereocenters. The van der Waals surface area contributed by atoms with Crippen LogP contribution in [-0.2, 0) is 6.54 Å². The quantitative estimate of drug-likeness (QED) is 0.332. The van der Waals surface area contributed by atoms with Gasteiger partial charge in [-0.15, -0.1) is 0 Å². The van der Waals surface area contributed by atoms with Gasteiger partial charge < -0.3 is 14.0 Å². The van der Waals surface area contributed by atoms with Crippen LogP contribution in [-0.4, -0.2) is 40.7 Å². The number of ether oxygens (including phenoxy) is 2. The van der Waals surface area contributed by atoms with Crippen LogP contribution in [0.4, 0.5) is 5.13 Å². The minimum atomic E-state index is -0.216. The topological polar surface area (TPSA) is 69.5 Å². The van der Waals surface area contributed by atoms with E-state index in [2.05, 4.69) is 4.98 Å². The second kappa shape index (κ2) is 10.0. The van der Waals surface area contributed by atoms with Crippen molar-refractivity contribution in [3.8, 4) is 11.5 Å². The molecule has 0 saturated carbocycles. The maximum absolute atomic E-state index is 13.7. The highest BCUT2D eigenvalue weighted by atomic mass is 35.5. The molecule has 166 valence electrons. The van der Waals surface area contributed by atoms with Crippen LogP contribution < -0.4 is 14.4 Å². The van der Waals surface area contributed by atoms with Gasteiger partial charge >= 0.3 is 0 Å². The molecule has 0 aliphatic rings. The van der Waals surface area contributed by atoms with E-state index in [-0.39, 0.29) is 5.91 Å². The summed E-state index contributed by atoms with van der Waals surface area (Å²) in [7, 11) is 1.54. The number of carbonyl (C=O) groups is 1. The van der Waals surface area contributed by atoms with Gasteiger partial charge in [-0.2, -0.15) is 0 Å². The number of carbonyl (C=O) groups excluding carboxylic acids is 1. The third-order valence-electron chi connectivity index (χ3n) is 4.90. The molecule has 0 unspecified atom stereocenters. The fraction of sp³-hybridized carbons (Fsp3) is 0.261. The third kappa shape index (κ3) is 4.71. The summed E-state index contributed by atoms with van der Waals surface area (Å²) < 4.78 is 14.1. The second-order valence-corrected chi connectivity index (χ2v) is 8.43. The van der Waals surface area contributed by atoms with Crippen molar-refractivity contribution in [3.05, 3.63) is 65.7 Å². The van der Waals surface area contributed by atoms with Crippen LogP contribution in [0.1, 0.15) is 23.7 Å². The Morgan fingerprint density at radius 3 is 2.88 bits per heavy atom. The summed E-state index contributed by atoms with van der Waals surface area (Å²) in [6, 6.07) is 10.8. The molecule has 0 saturated heterocycles. The molecule has 2 aromatic carbocycles. The Bertz CT molecular complexity index is 1210. The summed E-state index contributed by atoms with van der Waals surface area (Å²) in [5, 5.41) is 1.07. The van der Waals surface area contributed by atoms with E-state index in [1.807, 2.05) is 35.9 Å². The molecule has 7 nitrogen and oxygen atoms in total. The Balaban J connectivity index is 1.70. The van der Waals surface area contributed by atoms with Crippen molar-refractivity contribution in [2.75, 3.05) is 25.2 Å². The number of thiazole rings is 1. The van der Waals surface area contributed by atoms with Crippen LogP contribution in [0.25, 0.3) is 10.2 Å². The van der Waals surface area contributed by atoms with Crippen molar-refractivity contribution in [3.63, 3.8) is 0 Å². The molecule has 2 aromatic heterocycles. The molecule has 0 radical (unpaired) electrons. The number of methoxy groups -OCH3 is 1. The Labute approximate surface area is 195 Å². The lowest BCUT2D eigenvalue weighted by atomic mass is 10.1. The van der Waals surface area contributed by atoms with E-state index in [1.165, 1.54) is 18.4 Å². The summed E-state index contributed by atoms with van der Waals surface area (Å²) >= 11 is 7.65. The van der Waals surface area contributed by atoms with Crippen LogP contribution in [0.5, 0.6) is 11.5 Å². The first-order chi connectivity index (χ1) is 15.6. The third-order valence-corrected chi connectivity index (χ3v) is 6.17. The van der Waals surface area contributed by atoms with Crippen molar-refractivity contribution in [1.29, 1.82) is 0 Å². The predicted molar refractivity (Wildman–Crippen MR) is 127 cm³/mol. The number of hydrogen-bond donors (Lipinski definition) is 0. The molecule has 2 heterocycles. The lowest BCUT2D eigenvalue weighted by Crippen LogP contribution is -2.32. The zero-order valence-electron chi connectivity index (χ0n) is 17.8. The maximum Gasteiger partial charge on any atom is 0.263 e. The number of amides is 1. The average Bonchev–Trinajstić information content (AvgIpc) is 3.47. The van der Waals surface area contributed by atoms with Gasteiger partial charge in [-0.1, -0.05) is 29.0 Å². The van der Waals surface area contributed by atoms with E-state index in [0.29, 0.717) is 40.4 Å². The van der Waals surface area contributed by atoms with E-state index in [1.54, 1.807) is 35.6 Å². The standard InChI is InChI=1S/C23H23ClN4O3S/c1-3-31-19-6-4-7-20-21(19)26-23(32-20)28(12-5-11-27-13-10-25-15-27)22(29)17-14-16(24)8-9-18(17)30-2/h4,6-10,13-15H,3,5,11-12H2,1-2H3. The molecule has 0 aliphatic carbocycles. The van der Waals surface area contributed by atoms with Crippen LogP contribution in [0.2, 0.25) is 5.02 Å². The number of hydrogen-bond acceptors (Lipinski definition) is 6. The van der Waals surface area contributed by atoms with Crippen molar-refractivity contribution in [1.82, 2.24) is 14.5 Å². The second-order valence-electron chi connectivity index (χ2n) is 6.99. The highest BCUT2D eigenvalue weighted by Crippen LogP contribution is 2.36. The van der Waals surface area contributed by atoms with E-state index in [9.17, 15) is 4.79 Å². The van der Waals surface area contributed by atoms with Gasteiger partial charge in [0.15, 0.2) is 5.13 Å². The van der Waals surface area contributed by atoms with E-state index < -0.39 is 0 Å². The van der Waals surface area contributed by atoms with E-state index >= 15 is 0 Å². The Morgan fingerprint density at radius 2 is 2.12 bits per heavy atom. The van der Waals surface area contributed by atoms with Gasteiger partial charge in [0.2, 0.25) is 0 Å². The van der Waals surface area contributed by atoms with Crippen molar-refractivity contribution < 1.29 is 14.3 Å². The van der Waals surface area contributed by atoms with Gasteiger partial charge in [-0.05, 0) is 43.7 Å². The zero-order chi connectivity index (χ0) is 22.5. The van der Waals surface area contributed by atoms with Crippen LogP contribution >= 0.6 is 22.9 Å². The van der Waals surface area contributed by atoms with Gasteiger partial charge in [0.1, 0.15) is 17.0 Å². The number of aryl methyl sites for hydroxylation is 1. The Kier molecular flexibility index (Phi) is 6.92. The predicted octanol–water partition coefficient (Wildman–Crippen LogP) is 5.29. The first kappa shape index (κ1) is 22.1. The monoisotopic (exact) mass is 470 g/mol. The number of benzene rings is 2. The van der Waals surface area contributed by atoms with Crippen LogP contribution in [0, 0.1) is 0 Å². The van der Waals surface area contributed by atoms with E-state index in [4.69, 9.17) is 26.1 Å². The molecule has 0 fully saturated rings. The molecule has 9 heteroatoms. The molecule has 1 amide bonds. The fourth-order valence-electron chi connectivity index (χ4n) is 3.41. The van der Waals surface area contributed by atoms with Crippen LogP contribution in [0.3, 0.4) is 0 Å². The molecule has 0 bridgehead atoms. The van der Waals surface area contributed by atoms with Gasteiger partial charge in [-0.25, -0.2) is 9.97 Å². The molecule has 4 aromatic rings. The van der Waals surface area contributed by atoms with Gasteiger partial charge in [0.05, 0.1) is 30.3 Å². The largest absolute Gasteiger partial charge is 0.496 e. The first-order valence-electron chi connectivity index (χ1n) is 10.2. The van der Waals surface area contributed by atoms with Crippen molar-refractivity contribution in [2.45, 2.75) is 19.9 Å². The number of imidazole rings is 1. The minimum absolute atomic E-state index is 0.216. The molecule has 0 N–H and O–H groups in total. The minimum Gasteiger partial charge on any atom is -0.496 e.